The maximum Gasteiger partial charge on any atom is 0.157 e. The summed E-state index contributed by atoms with van der Waals surface area (Å²) in [4.78, 5) is 0. The zero-order valence-electron chi connectivity index (χ0n) is 8.19. The zero-order chi connectivity index (χ0) is 10.2. The van der Waals surface area contributed by atoms with E-state index in [1.807, 2.05) is 0 Å². The summed E-state index contributed by atoms with van der Waals surface area (Å²) in [6.45, 7) is 1.21. The first-order valence-electron chi connectivity index (χ1n) is 4.87. The number of ether oxygens (including phenoxy) is 2. The molecule has 3 heteroatoms. The molecule has 0 saturated carbocycles. The fourth-order valence-corrected chi connectivity index (χ4v) is 1.25. The number of rotatable bonds is 4. The Morgan fingerprint density at radius 1 is 1.64 bits per heavy atom. The van der Waals surface area contributed by atoms with Crippen molar-refractivity contribution in [1.29, 1.82) is 0 Å². The van der Waals surface area contributed by atoms with E-state index < -0.39 is 6.10 Å². The lowest BCUT2D eigenvalue weighted by molar-refractivity contribution is -0.155. The van der Waals surface area contributed by atoms with Crippen molar-refractivity contribution < 1.29 is 14.6 Å². The Bertz CT molecular complexity index is 211. The van der Waals surface area contributed by atoms with Crippen LogP contribution in [-0.2, 0) is 9.47 Å². The molecule has 0 amide bonds. The number of hydrogen-bond acceptors (Lipinski definition) is 3. The Morgan fingerprint density at radius 2 is 2.50 bits per heavy atom. The van der Waals surface area contributed by atoms with Gasteiger partial charge in [0, 0.05) is 6.61 Å². The normalized spacial score (nSPS) is 24.7. The molecule has 14 heavy (non-hydrogen) atoms. The number of hydrogen-bond donors (Lipinski definition) is 1. The van der Waals surface area contributed by atoms with Gasteiger partial charge in [-0.2, -0.15) is 0 Å². The van der Waals surface area contributed by atoms with Gasteiger partial charge in [-0.25, -0.2) is 0 Å². The van der Waals surface area contributed by atoms with E-state index in [0.29, 0.717) is 6.61 Å². The summed E-state index contributed by atoms with van der Waals surface area (Å²) in [7, 11) is 0. The lowest BCUT2D eigenvalue weighted by Gasteiger charge is -2.21. The molecule has 1 fully saturated rings. The largest absolute Gasteiger partial charge is 0.377 e. The van der Waals surface area contributed by atoms with Crippen molar-refractivity contribution in [2.24, 2.45) is 0 Å². The van der Waals surface area contributed by atoms with Gasteiger partial charge in [-0.3, -0.25) is 0 Å². The SMILES string of the molecule is C#CC(O)/C=C/COC1CCCCO1. The average molecular weight is 196 g/mol. The Hall–Kier alpha value is -0.820. The van der Waals surface area contributed by atoms with Crippen LogP contribution in [0.1, 0.15) is 19.3 Å². The van der Waals surface area contributed by atoms with Gasteiger partial charge in [-0.15, -0.1) is 6.42 Å². The van der Waals surface area contributed by atoms with Gasteiger partial charge in [0.1, 0.15) is 6.10 Å². The Morgan fingerprint density at radius 3 is 3.14 bits per heavy atom. The van der Waals surface area contributed by atoms with Crippen molar-refractivity contribution in [3.05, 3.63) is 12.2 Å². The molecule has 1 heterocycles. The van der Waals surface area contributed by atoms with Gasteiger partial charge in [0.05, 0.1) is 6.61 Å². The fraction of sp³-hybridized carbons (Fsp3) is 0.636. The second-order valence-corrected chi connectivity index (χ2v) is 3.17. The molecule has 1 saturated heterocycles. The van der Waals surface area contributed by atoms with Crippen molar-refractivity contribution in [1.82, 2.24) is 0 Å². The van der Waals surface area contributed by atoms with Gasteiger partial charge in [0.15, 0.2) is 6.29 Å². The third-order valence-corrected chi connectivity index (χ3v) is 2.01. The highest BCUT2D eigenvalue weighted by molar-refractivity contribution is 5.06. The first kappa shape index (κ1) is 11.3. The minimum absolute atomic E-state index is 0.0867. The highest BCUT2D eigenvalue weighted by atomic mass is 16.7. The molecule has 3 nitrogen and oxygen atoms in total. The molecule has 1 rings (SSSR count). The van der Waals surface area contributed by atoms with E-state index in [-0.39, 0.29) is 6.29 Å². The van der Waals surface area contributed by atoms with Crippen LogP contribution in [-0.4, -0.2) is 30.7 Å². The molecule has 0 radical (unpaired) electrons. The predicted molar refractivity (Wildman–Crippen MR) is 53.5 cm³/mol. The molecule has 1 aliphatic rings. The fourth-order valence-electron chi connectivity index (χ4n) is 1.25. The summed E-state index contributed by atoms with van der Waals surface area (Å²) >= 11 is 0. The second kappa shape index (κ2) is 6.61. The smallest absolute Gasteiger partial charge is 0.157 e. The van der Waals surface area contributed by atoms with Crippen LogP contribution < -0.4 is 0 Å². The van der Waals surface area contributed by atoms with Crippen LogP contribution >= 0.6 is 0 Å². The van der Waals surface area contributed by atoms with Gasteiger partial charge in [-0.1, -0.05) is 12.0 Å². The third-order valence-electron chi connectivity index (χ3n) is 2.01. The van der Waals surface area contributed by atoms with Crippen LogP contribution in [0.2, 0.25) is 0 Å². The van der Waals surface area contributed by atoms with Gasteiger partial charge < -0.3 is 14.6 Å². The maximum absolute atomic E-state index is 8.99. The van der Waals surface area contributed by atoms with Crippen LogP contribution in [0.5, 0.6) is 0 Å². The number of aliphatic hydroxyl groups is 1. The molecule has 78 valence electrons. The summed E-state index contributed by atoms with van der Waals surface area (Å²) in [5.41, 5.74) is 0. The van der Waals surface area contributed by atoms with Crippen LogP contribution in [0.3, 0.4) is 0 Å². The van der Waals surface area contributed by atoms with Crippen molar-refractivity contribution in [3.8, 4) is 12.3 Å². The Kier molecular flexibility index (Phi) is 5.31. The van der Waals surface area contributed by atoms with Crippen LogP contribution in [0, 0.1) is 12.3 Å². The quantitative estimate of drug-likeness (QED) is 0.540. The third kappa shape index (κ3) is 4.43. The molecular weight excluding hydrogens is 180 g/mol. The summed E-state index contributed by atoms with van der Waals surface area (Å²) in [6.07, 6.45) is 10.5. The highest BCUT2D eigenvalue weighted by Gasteiger charge is 2.12. The molecule has 0 aliphatic carbocycles. The summed E-state index contributed by atoms with van der Waals surface area (Å²) in [5.74, 6) is 2.19. The first-order chi connectivity index (χ1) is 6.83. The molecule has 0 spiro atoms. The molecular formula is C11H16O3. The Labute approximate surface area is 84.7 Å². The van der Waals surface area contributed by atoms with Crippen molar-refractivity contribution in [2.45, 2.75) is 31.7 Å². The first-order valence-corrected chi connectivity index (χ1v) is 4.87. The monoisotopic (exact) mass is 196 g/mol. The van der Waals surface area contributed by atoms with E-state index in [1.54, 1.807) is 6.08 Å². The summed E-state index contributed by atoms with van der Waals surface area (Å²) < 4.78 is 10.7. The molecule has 2 unspecified atom stereocenters. The van der Waals surface area contributed by atoms with Gasteiger partial charge in [-0.05, 0) is 25.3 Å². The second-order valence-electron chi connectivity index (χ2n) is 3.17. The minimum atomic E-state index is -0.814. The highest BCUT2D eigenvalue weighted by Crippen LogP contribution is 2.13. The molecule has 0 aromatic carbocycles. The van der Waals surface area contributed by atoms with E-state index in [1.165, 1.54) is 6.08 Å². The average Bonchev–Trinajstić information content (AvgIpc) is 2.25. The molecule has 2 atom stereocenters. The van der Waals surface area contributed by atoms with Gasteiger partial charge in [0.2, 0.25) is 0 Å². The number of terminal acetylenes is 1. The summed E-state index contributed by atoms with van der Waals surface area (Å²) in [5, 5.41) is 8.99. The number of aliphatic hydroxyl groups excluding tert-OH is 1. The van der Waals surface area contributed by atoms with Crippen LogP contribution in [0.15, 0.2) is 12.2 Å². The van der Waals surface area contributed by atoms with Crippen molar-refractivity contribution in [2.75, 3.05) is 13.2 Å². The van der Waals surface area contributed by atoms with Gasteiger partial charge >= 0.3 is 0 Å². The van der Waals surface area contributed by atoms with E-state index in [2.05, 4.69) is 5.92 Å². The molecule has 0 aromatic heterocycles. The summed E-state index contributed by atoms with van der Waals surface area (Å²) in [6, 6.07) is 0. The molecule has 0 aromatic rings. The lowest BCUT2D eigenvalue weighted by Crippen LogP contribution is -2.22. The lowest BCUT2D eigenvalue weighted by atomic mass is 10.2. The topological polar surface area (TPSA) is 38.7 Å². The van der Waals surface area contributed by atoms with Crippen molar-refractivity contribution in [3.63, 3.8) is 0 Å². The molecule has 1 N–H and O–H groups in total. The minimum Gasteiger partial charge on any atom is -0.377 e. The zero-order valence-corrected chi connectivity index (χ0v) is 8.19. The van der Waals surface area contributed by atoms with Crippen molar-refractivity contribution >= 4 is 0 Å². The van der Waals surface area contributed by atoms with E-state index >= 15 is 0 Å². The van der Waals surface area contributed by atoms with E-state index in [4.69, 9.17) is 21.0 Å². The predicted octanol–water partition coefficient (Wildman–Crippen LogP) is 1.08. The van der Waals surface area contributed by atoms with Gasteiger partial charge in [0.25, 0.3) is 0 Å². The van der Waals surface area contributed by atoms with Crippen LogP contribution in [0.25, 0.3) is 0 Å². The molecule has 1 aliphatic heterocycles. The molecule has 0 bridgehead atoms. The Balaban J connectivity index is 2.08. The van der Waals surface area contributed by atoms with E-state index in [9.17, 15) is 0 Å². The van der Waals surface area contributed by atoms with Crippen LogP contribution in [0.4, 0.5) is 0 Å². The van der Waals surface area contributed by atoms with E-state index in [0.717, 1.165) is 25.9 Å². The maximum atomic E-state index is 8.99. The standard InChI is InChI=1S/C11H16O3/c1-2-10(12)6-5-9-14-11-7-3-4-8-13-11/h1,5-6,10-12H,3-4,7-9H2/b6-5+.